The molecule has 1 unspecified atom stereocenters. The highest BCUT2D eigenvalue weighted by Crippen LogP contribution is 2.34. The molecular weight excluding hydrogens is 359 g/mol. The Kier molecular flexibility index (Phi) is 8.01. The first-order valence-electron chi connectivity index (χ1n) is 8.16. The van der Waals surface area contributed by atoms with Crippen molar-refractivity contribution < 1.29 is 20.1 Å². The third-order valence-electron chi connectivity index (χ3n) is 3.98. The topological polar surface area (TPSA) is 77.4 Å². The zero-order chi connectivity index (χ0) is 19.3. The van der Waals surface area contributed by atoms with Crippen LogP contribution in [0.2, 0.25) is 0 Å². The minimum atomic E-state index is -1.09. The van der Waals surface area contributed by atoms with Crippen LogP contribution in [0.3, 0.4) is 0 Å². The highest BCUT2D eigenvalue weighted by molar-refractivity contribution is 6.92. The van der Waals surface area contributed by atoms with Crippen LogP contribution in [-0.4, -0.2) is 16.2 Å². The van der Waals surface area contributed by atoms with E-state index in [0.717, 1.165) is 16.7 Å². The van der Waals surface area contributed by atoms with Crippen molar-refractivity contribution in [1.82, 2.24) is 0 Å². The molecule has 5 heteroatoms. The summed E-state index contributed by atoms with van der Waals surface area (Å²) in [5, 5.41) is 29.8. The van der Waals surface area contributed by atoms with Crippen molar-refractivity contribution in [2.24, 2.45) is 0 Å². The van der Waals surface area contributed by atoms with Gasteiger partial charge in [-0.2, -0.15) is 9.90 Å². The maximum Gasteiger partial charge on any atom is 0.386 e. The molecule has 3 aromatic carbocycles. The summed E-state index contributed by atoms with van der Waals surface area (Å²) in [6.07, 6.45) is 0. The van der Waals surface area contributed by atoms with Gasteiger partial charge in [0.2, 0.25) is 0 Å². The van der Waals surface area contributed by atoms with E-state index < -0.39 is 5.97 Å². The van der Waals surface area contributed by atoms with Crippen LogP contribution in [0.15, 0.2) is 60.7 Å². The van der Waals surface area contributed by atoms with Gasteiger partial charge in [-0.3, -0.25) is 0 Å². The molecule has 4 nitrogen and oxygen atoms in total. The molecule has 0 saturated carbocycles. The van der Waals surface area contributed by atoms with Gasteiger partial charge < -0.3 is 10.2 Å². The molecule has 3 rings (SSSR count). The summed E-state index contributed by atoms with van der Waals surface area (Å²) in [5.41, 5.74) is 4.23. The SMILES string of the molecule is Cc1cc(C)c(C([O])=O)c(C)c1.Oc1ccccc1-c1ccccc1O.P. The molecule has 1 radical (unpaired) electrons. The summed E-state index contributed by atoms with van der Waals surface area (Å²) in [7, 11) is 0. The Hall–Kier alpha value is -2.84. The van der Waals surface area contributed by atoms with Crippen molar-refractivity contribution in [2.75, 3.05) is 0 Å². The summed E-state index contributed by atoms with van der Waals surface area (Å²) >= 11 is 0. The van der Waals surface area contributed by atoms with E-state index >= 15 is 0 Å². The monoisotopic (exact) mass is 383 g/mol. The van der Waals surface area contributed by atoms with Gasteiger partial charge in [-0.25, -0.2) is 9.90 Å². The van der Waals surface area contributed by atoms with Gasteiger partial charge in [0.15, 0.2) is 0 Å². The number of carbonyl (C=O) groups is 1. The van der Waals surface area contributed by atoms with Crippen LogP contribution in [0.5, 0.6) is 11.5 Å². The van der Waals surface area contributed by atoms with Crippen molar-refractivity contribution in [1.29, 1.82) is 0 Å². The maximum absolute atomic E-state index is 10.6. The molecule has 0 saturated heterocycles. The number of rotatable bonds is 2. The average molecular weight is 383 g/mol. The Bertz CT molecular complexity index is 869. The maximum atomic E-state index is 10.6. The predicted molar refractivity (Wildman–Crippen MR) is 112 cm³/mol. The van der Waals surface area contributed by atoms with E-state index in [4.69, 9.17) is 0 Å². The lowest BCUT2D eigenvalue weighted by atomic mass is 10.0. The van der Waals surface area contributed by atoms with E-state index in [2.05, 4.69) is 0 Å². The summed E-state index contributed by atoms with van der Waals surface area (Å²) in [5.74, 6) is -0.743. The summed E-state index contributed by atoms with van der Waals surface area (Å²) < 4.78 is 0. The fourth-order valence-electron chi connectivity index (χ4n) is 2.90. The van der Waals surface area contributed by atoms with Crippen LogP contribution in [-0.2, 0) is 5.11 Å². The molecule has 0 bridgehead atoms. The fourth-order valence-corrected chi connectivity index (χ4v) is 2.90. The number of hydrogen-bond acceptors (Lipinski definition) is 3. The molecule has 0 aliphatic carbocycles. The van der Waals surface area contributed by atoms with E-state index in [1.165, 1.54) is 0 Å². The van der Waals surface area contributed by atoms with Crippen LogP contribution >= 0.6 is 9.90 Å². The highest BCUT2D eigenvalue weighted by Gasteiger charge is 2.12. The number of phenols is 2. The Morgan fingerprint density at radius 3 is 1.44 bits per heavy atom. The van der Waals surface area contributed by atoms with Gasteiger partial charge in [-0.15, -0.1) is 0 Å². The van der Waals surface area contributed by atoms with Crippen molar-refractivity contribution >= 4 is 15.9 Å². The smallest absolute Gasteiger partial charge is 0.386 e. The molecule has 141 valence electrons. The molecule has 3 aromatic rings. The van der Waals surface area contributed by atoms with E-state index in [-0.39, 0.29) is 21.4 Å². The van der Waals surface area contributed by atoms with Crippen LogP contribution in [0, 0.1) is 20.8 Å². The second-order valence-corrected chi connectivity index (χ2v) is 6.10. The van der Waals surface area contributed by atoms with Gasteiger partial charge >= 0.3 is 5.97 Å². The zero-order valence-corrected chi connectivity index (χ0v) is 17.1. The minimum absolute atomic E-state index is 0. The molecule has 0 amide bonds. The average Bonchev–Trinajstić information content (AvgIpc) is 2.55. The Labute approximate surface area is 162 Å². The number of benzene rings is 3. The van der Waals surface area contributed by atoms with Crippen LogP contribution in [0.1, 0.15) is 27.0 Å². The van der Waals surface area contributed by atoms with E-state index in [9.17, 15) is 20.1 Å². The molecule has 2 N–H and O–H groups in total. The molecule has 27 heavy (non-hydrogen) atoms. The van der Waals surface area contributed by atoms with Gasteiger partial charge in [-0.1, -0.05) is 54.1 Å². The lowest BCUT2D eigenvalue weighted by Gasteiger charge is -2.05. The van der Waals surface area contributed by atoms with Crippen LogP contribution in [0.4, 0.5) is 0 Å². The molecule has 0 spiro atoms. The third-order valence-corrected chi connectivity index (χ3v) is 3.98. The minimum Gasteiger partial charge on any atom is -0.507 e. The normalized spacial score (nSPS) is 9.59. The standard InChI is InChI=1S/C12H10O2.C10H11O2.H3P/c13-11-7-3-1-5-9(11)10-6-2-4-8-12(10)14;1-6-4-7(2)9(10(11)12)8(3)5-6;/h1-8,13-14H;4-5H,1-3H3;1H3. The second-order valence-electron chi connectivity index (χ2n) is 6.10. The highest BCUT2D eigenvalue weighted by atomic mass is 31.0. The summed E-state index contributed by atoms with van der Waals surface area (Å²) in [6, 6.07) is 17.6. The van der Waals surface area contributed by atoms with Crippen LogP contribution in [0.25, 0.3) is 11.1 Å². The molecule has 0 aliphatic heterocycles. The largest absolute Gasteiger partial charge is 0.507 e. The Balaban J connectivity index is 0.000000264. The van der Waals surface area contributed by atoms with Gasteiger partial charge in [0, 0.05) is 11.1 Å². The van der Waals surface area contributed by atoms with E-state index in [1.807, 2.05) is 31.2 Å². The predicted octanol–water partition coefficient (Wildman–Crippen LogP) is 5.01. The lowest BCUT2D eigenvalue weighted by molar-refractivity contribution is 0.0571. The van der Waals surface area contributed by atoms with Gasteiger partial charge in [-0.05, 0) is 44.0 Å². The second kappa shape index (κ2) is 9.75. The quantitative estimate of drug-likeness (QED) is 0.611. The Morgan fingerprint density at radius 2 is 1.11 bits per heavy atom. The van der Waals surface area contributed by atoms with Gasteiger partial charge in [0.1, 0.15) is 11.5 Å². The zero-order valence-electron chi connectivity index (χ0n) is 15.7. The van der Waals surface area contributed by atoms with E-state index in [0.29, 0.717) is 16.7 Å². The molecule has 0 heterocycles. The first kappa shape index (κ1) is 22.2. The van der Waals surface area contributed by atoms with Crippen LogP contribution < -0.4 is 0 Å². The van der Waals surface area contributed by atoms with Crippen molar-refractivity contribution in [3.63, 3.8) is 0 Å². The number of hydrogen-bond donors (Lipinski definition) is 2. The number of para-hydroxylation sites is 2. The first-order chi connectivity index (χ1) is 12.3. The van der Waals surface area contributed by atoms with Gasteiger partial charge in [0.25, 0.3) is 0 Å². The molecule has 1 atom stereocenters. The van der Waals surface area contributed by atoms with Crippen molar-refractivity contribution in [3.05, 3.63) is 82.9 Å². The number of aromatic hydroxyl groups is 2. The van der Waals surface area contributed by atoms with Crippen molar-refractivity contribution in [2.45, 2.75) is 20.8 Å². The molecule has 0 aromatic heterocycles. The summed E-state index contributed by atoms with van der Waals surface area (Å²) in [4.78, 5) is 10.6. The Morgan fingerprint density at radius 1 is 0.741 bits per heavy atom. The third kappa shape index (κ3) is 5.57. The molecular formula is C22H24O4P. The summed E-state index contributed by atoms with van der Waals surface area (Å²) in [6.45, 7) is 5.51. The van der Waals surface area contributed by atoms with Crippen molar-refractivity contribution in [3.8, 4) is 22.6 Å². The number of aryl methyl sites for hydroxylation is 3. The molecule has 0 fully saturated rings. The fraction of sp³-hybridized carbons (Fsp3) is 0.136. The lowest BCUT2D eigenvalue weighted by Crippen LogP contribution is -2.01. The molecule has 0 aliphatic rings. The number of carbonyl (C=O) groups excluding carboxylic acids is 1. The van der Waals surface area contributed by atoms with E-state index in [1.54, 1.807) is 50.2 Å². The first-order valence-corrected chi connectivity index (χ1v) is 8.16. The number of phenolic OH excluding ortho intramolecular Hbond substituents is 2. The van der Waals surface area contributed by atoms with Gasteiger partial charge in [0.05, 0.1) is 5.56 Å².